The van der Waals surface area contributed by atoms with Crippen LogP contribution < -0.4 is 19.7 Å². The Morgan fingerprint density at radius 2 is 1.82 bits per heavy atom. The Balaban J connectivity index is 1.37. The number of anilines is 2. The smallest absolute Gasteiger partial charge is 0.411 e. The summed E-state index contributed by atoms with van der Waals surface area (Å²) < 4.78 is 16.3. The zero-order valence-electron chi connectivity index (χ0n) is 19.5. The molecule has 0 spiro atoms. The van der Waals surface area contributed by atoms with Crippen LogP contribution in [0.25, 0.3) is 0 Å². The molecule has 1 aliphatic rings. The lowest BCUT2D eigenvalue weighted by atomic mass is 10.2. The number of hydrogen-bond donors (Lipinski definition) is 2. The number of rotatable bonds is 11. The molecule has 1 heterocycles. The second kappa shape index (κ2) is 12.9. The lowest BCUT2D eigenvalue weighted by Crippen LogP contribution is -2.49. The van der Waals surface area contributed by atoms with Gasteiger partial charge in [0.2, 0.25) is 0 Å². The van der Waals surface area contributed by atoms with E-state index in [1.54, 1.807) is 31.4 Å². The van der Waals surface area contributed by atoms with Gasteiger partial charge in [0, 0.05) is 38.4 Å². The van der Waals surface area contributed by atoms with E-state index >= 15 is 0 Å². The average Bonchev–Trinajstić information content (AvgIpc) is 2.84. The van der Waals surface area contributed by atoms with Crippen molar-refractivity contribution in [2.45, 2.75) is 25.9 Å². The molecule has 2 aromatic rings. The van der Waals surface area contributed by atoms with Crippen molar-refractivity contribution in [1.29, 1.82) is 0 Å². The highest BCUT2D eigenvalue weighted by molar-refractivity contribution is 5.84. The van der Waals surface area contributed by atoms with E-state index in [0.717, 1.165) is 50.5 Å². The van der Waals surface area contributed by atoms with E-state index in [9.17, 15) is 9.90 Å². The third-order valence-electron chi connectivity index (χ3n) is 5.54. The number of para-hydroxylation sites is 2. The van der Waals surface area contributed by atoms with E-state index in [1.807, 2.05) is 25.1 Å². The Morgan fingerprint density at radius 3 is 2.52 bits per heavy atom. The minimum atomic E-state index is -0.589. The van der Waals surface area contributed by atoms with Crippen molar-refractivity contribution in [2.75, 3.05) is 63.3 Å². The molecule has 1 saturated heterocycles. The number of unbranched alkanes of at least 4 members (excludes halogenated alkanes) is 1. The van der Waals surface area contributed by atoms with E-state index in [2.05, 4.69) is 21.2 Å². The summed E-state index contributed by atoms with van der Waals surface area (Å²) in [5.74, 6) is 1.52. The van der Waals surface area contributed by atoms with Crippen molar-refractivity contribution < 1.29 is 24.1 Å². The number of carbonyl (C=O) groups excluding carboxylic acids is 1. The third kappa shape index (κ3) is 7.83. The molecule has 0 aromatic heterocycles. The van der Waals surface area contributed by atoms with Crippen molar-refractivity contribution in [2.24, 2.45) is 0 Å². The van der Waals surface area contributed by atoms with Crippen molar-refractivity contribution >= 4 is 17.5 Å². The van der Waals surface area contributed by atoms with Crippen LogP contribution in [0.4, 0.5) is 16.2 Å². The van der Waals surface area contributed by atoms with Gasteiger partial charge in [0.05, 0.1) is 19.4 Å². The van der Waals surface area contributed by atoms with Crippen LogP contribution >= 0.6 is 0 Å². The van der Waals surface area contributed by atoms with E-state index in [0.29, 0.717) is 24.6 Å². The molecule has 3 rings (SSSR count). The van der Waals surface area contributed by atoms with Gasteiger partial charge >= 0.3 is 6.09 Å². The molecule has 8 heteroatoms. The highest BCUT2D eigenvalue weighted by Gasteiger charge is 2.21. The highest BCUT2D eigenvalue weighted by atomic mass is 16.5. The first-order valence-electron chi connectivity index (χ1n) is 11.5. The minimum absolute atomic E-state index is 0.207. The van der Waals surface area contributed by atoms with Crippen molar-refractivity contribution in [1.82, 2.24) is 4.90 Å². The molecular formula is C25H35N3O5. The van der Waals surface area contributed by atoms with Gasteiger partial charge in [-0.25, -0.2) is 4.79 Å². The number of benzene rings is 2. The Labute approximate surface area is 196 Å². The summed E-state index contributed by atoms with van der Waals surface area (Å²) in [6.07, 6.45) is 0.775. The maximum Gasteiger partial charge on any atom is 0.411 e. The number of β-amino-alcohol motifs (C(OH)–C–C–N with tert-alkyl or cyclic N) is 1. The number of piperazine rings is 1. The van der Waals surface area contributed by atoms with Gasteiger partial charge in [0.15, 0.2) is 0 Å². The predicted molar refractivity (Wildman–Crippen MR) is 129 cm³/mol. The molecule has 180 valence electrons. The number of ether oxygens (including phenoxy) is 3. The summed E-state index contributed by atoms with van der Waals surface area (Å²) in [4.78, 5) is 16.3. The summed E-state index contributed by atoms with van der Waals surface area (Å²) >= 11 is 0. The van der Waals surface area contributed by atoms with Gasteiger partial charge in [-0.05, 0) is 42.8 Å². The molecule has 2 N–H and O–H groups in total. The van der Waals surface area contributed by atoms with Gasteiger partial charge in [0.1, 0.15) is 24.2 Å². The van der Waals surface area contributed by atoms with Crippen LogP contribution in [0.3, 0.4) is 0 Å². The van der Waals surface area contributed by atoms with Crippen molar-refractivity contribution in [3.05, 3.63) is 48.5 Å². The van der Waals surface area contributed by atoms with Crippen molar-refractivity contribution in [3.63, 3.8) is 0 Å². The van der Waals surface area contributed by atoms with Gasteiger partial charge in [0.25, 0.3) is 0 Å². The predicted octanol–water partition coefficient (Wildman–Crippen LogP) is 3.61. The standard InChI is InChI=1S/C25H35N3O5/c1-3-4-17-32-25(30)26-20-9-11-22(12-10-20)33-19-21(29)18-27-13-15-28(16-14-27)23-7-5-6-8-24(23)31-2/h5-12,21,29H,3-4,13-19H2,1-2H3,(H,26,30). The number of methoxy groups -OCH3 is 1. The average molecular weight is 458 g/mol. The van der Waals surface area contributed by atoms with Gasteiger partial charge in [-0.2, -0.15) is 0 Å². The first-order valence-corrected chi connectivity index (χ1v) is 11.5. The molecule has 1 unspecified atom stereocenters. The first kappa shape index (κ1) is 24.7. The quantitative estimate of drug-likeness (QED) is 0.499. The SMILES string of the molecule is CCCCOC(=O)Nc1ccc(OCC(O)CN2CCN(c3ccccc3OC)CC2)cc1. The number of nitrogens with zero attached hydrogens (tertiary/aromatic N) is 2. The zero-order chi connectivity index (χ0) is 23.5. The fourth-order valence-corrected chi connectivity index (χ4v) is 3.70. The summed E-state index contributed by atoms with van der Waals surface area (Å²) in [6, 6.07) is 15.1. The number of aliphatic hydroxyl groups excluding tert-OH is 1. The first-order chi connectivity index (χ1) is 16.1. The highest BCUT2D eigenvalue weighted by Crippen LogP contribution is 2.28. The Morgan fingerprint density at radius 1 is 1.09 bits per heavy atom. The zero-order valence-corrected chi connectivity index (χ0v) is 19.5. The fraction of sp³-hybridized carbons (Fsp3) is 0.480. The van der Waals surface area contributed by atoms with Crippen LogP contribution in [0.1, 0.15) is 19.8 Å². The molecule has 8 nitrogen and oxygen atoms in total. The molecule has 2 aromatic carbocycles. The molecule has 0 aliphatic carbocycles. The van der Waals surface area contributed by atoms with Crippen molar-refractivity contribution in [3.8, 4) is 11.5 Å². The van der Waals surface area contributed by atoms with Gasteiger partial charge < -0.3 is 24.2 Å². The minimum Gasteiger partial charge on any atom is -0.495 e. The topological polar surface area (TPSA) is 83.5 Å². The van der Waals surface area contributed by atoms with Gasteiger partial charge in [-0.15, -0.1) is 0 Å². The van der Waals surface area contributed by atoms with Crippen LogP contribution in [0.5, 0.6) is 11.5 Å². The number of amides is 1. The van der Waals surface area contributed by atoms with Crippen LogP contribution in [-0.4, -0.2) is 75.3 Å². The second-order valence-electron chi connectivity index (χ2n) is 8.06. The lowest BCUT2D eigenvalue weighted by Gasteiger charge is -2.37. The van der Waals surface area contributed by atoms with Crippen LogP contribution in [-0.2, 0) is 4.74 Å². The normalized spacial score (nSPS) is 15.1. The molecular weight excluding hydrogens is 422 g/mol. The summed E-state index contributed by atoms with van der Waals surface area (Å²) in [5, 5.41) is 13.1. The molecule has 1 fully saturated rings. The van der Waals surface area contributed by atoms with E-state index in [1.165, 1.54) is 0 Å². The van der Waals surface area contributed by atoms with Crippen LogP contribution in [0.15, 0.2) is 48.5 Å². The maximum atomic E-state index is 11.7. The maximum absolute atomic E-state index is 11.7. The molecule has 1 aliphatic heterocycles. The second-order valence-corrected chi connectivity index (χ2v) is 8.06. The van der Waals surface area contributed by atoms with E-state index in [-0.39, 0.29) is 6.61 Å². The molecule has 1 atom stereocenters. The molecule has 0 radical (unpaired) electrons. The number of aliphatic hydroxyl groups is 1. The third-order valence-corrected chi connectivity index (χ3v) is 5.54. The molecule has 0 saturated carbocycles. The van der Waals surface area contributed by atoms with Gasteiger partial charge in [-0.3, -0.25) is 10.2 Å². The monoisotopic (exact) mass is 457 g/mol. The van der Waals surface area contributed by atoms with Crippen LogP contribution in [0.2, 0.25) is 0 Å². The summed E-state index contributed by atoms with van der Waals surface area (Å²) in [6.45, 7) is 6.71. The largest absolute Gasteiger partial charge is 0.495 e. The van der Waals surface area contributed by atoms with Crippen LogP contribution in [0, 0.1) is 0 Å². The molecule has 33 heavy (non-hydrogen) atoms. The Bertz CT molecular complexity index is 853. The van der Waals surface area contributed by atoms with E-state index < -0.39 is 12.2 Å². The van der Waals surface area contributed by atoms with Gasteiger partial charge in [-0.1, -0.05) is 25.5 Å². The van der Waals surface area contributed by atoms with E-state index in [4.69, 9.17) is 14.2 Å². The Hall–Kier alpha value is -2.97. The summed E-state index contributed by atoms with van der Waals surface area (Å²) in [7, 11) is 1.69. The molecule has 0 bridgehead atoms. The Kier molecular flexibility index (Phi) is 9.65. The molecule has 1 amide bonds. The summed E-state index contributed by atoms with van der Waals surface area (Å²) in [5.41, 5.74) is 1.74. The number of hydrogen-bond acceptors (Lipinski definition) is 7. The fourth-order valence-electron chi connectivity index (χ4n) is 3.70. The number of nitrogens with one attached hydrogen (secondary N) is 1. The number of carbonyl (C=O) groups is 1. The lowest BCUT2D eigenvalue weighted by molar-refractivity contribution is 0.0663.